The van der Waals surface area contributed by atoms with Gasteiger partial charge in [0.05, 0.1) is 11.1 Å². The van der Waals surface area contributed by atoms with E-state index in [1.54, 1.807) is 24.3 Å². The molecular formula is C16H18ClNO2. The predicted octanol–water partition coefficient (Wildman–Crippen LogP) is 3.66. The number of anilines is 1. The lowest BCUT2D eigenvalue weighted by Crippen LogP contribution is -2.59. The zero-order valence-corrected chi connectivity index (χ0v) is 12.7. The van der Waals surface area contributed by atoms with E-state index in [0.29, 0.717) is 10.7 Å². The van der Waals surface area contributed by atoms with Crippen molar-refractivity contribution in [2.45, 2.75) is 33.6 Å². The third kappa shape index (κ3) is 1.53. The summed E-state index contributed by atoms with van der Waals surface area (Å²) in [5.41, 5.74) is -0.118. The molecule has 2 amide bonds. The number of hydrogen-bond donors (Lipinski definition) is 0. The van der Waals surface area contributed by atoms with Crippen LogP contribution in [0.5, 0.6) is 0 Å². The highest BCUT2D eigenvalue weighted by molar-refractivity contribution is 6.30. The van der Waals surface area contributed by atoms with Gasteiger partial charge in [-0.3, -0.25) is 9.59 Å². The van der Waals surface area contributed by atoms with E-state index in [4.69, 9.17) is 11.6 Å². The van der Waals surface area contributed by atoms with Crippen LogP contribution in [-0.2, 0) is 9.59 Å². The Balaban J connectivity index is 2.09. The maximum atomic E-state index is 12.9. The van der Waals surface area contributed by atoms with Crippen molar-refractivity contribution in [2.75, 3.05) is 4.90 Å². The van der Waals surface area contributed by atoms with Crippen molar-refractivity contribution in [3.8, 4) is 0 Å². The summed E-state index contributed by atoms with van der Waals surface area (Å²) < 4.78 is 0. The summed E-state index contributed by atoms with van der Waals surface area (Å²) in [5.74, 6) is -0.234. The zero-order chi connectivity index (χ0) is 14.7. The van der Waals surface area contributed by atoms with Gasteiger partial charge < -0.3 is 0 Å². The fourth-order valence-electron chi connectivity index (χ4n) is 3.65. The number of piperidine rings is 1. The van der Waals surface area contributed by atoms with Crippen LogP contribution in [-0.4, -0.2) is 11.8 Å². The summed E-state index contributed by atoms with van der Waals surface area (Å²) in [4.78, 5) is 27.0. The third-order valence-electron chi connectivity index (χ3n) is 5.50. The van der Waals surface area contributed by atoms with E-state index in [9.17, 15) is 9.59 Å². The molecule has 1 heterocycles. The molecule has 1 saturated heterocycles. The van der Waals surface area contributed by atoms with Crippen molar-refractivity contribution < 1.29 is 9.59 Å². The molecule has 2 aliphatic rings. The molecule has 1 aliphatic heterocycles. The van der Waals surface area contributed by atoms with E-state index in [0.717, 1.165) is 12.8 Å². The van der Waals surface area contributed by atoms with Crippen molar-refractivity contribution in [1.29, 1.82) is 0 Å². The largest absolute Gasteiger partial charge is 0.274 e. The summed E-state index contributed by atoms with van der Waals surface area (Å²) in [5, 5.41) is 0.597. The van der Waals surface area contributed by atoms with E-state index in [2.05, 4.69) is 0 Å². The molecule has 2 unspecified atom stereocenters. The second-order valence-corrected chi connectivity index (χ2v) is 7.04. The van der Waals surface area contributed by atoms with Crippen LogP contribution in [0.25, 0.3) is 0 Å². The van der Waals surface area contributed by atoms with E-state index < -0.39 is 5.41 Å². The summed E-state index contributed by atoms with van der Waals surface area (Å²) >= 11 is 5.88. The average molecular weight is 292 g/mol. The van der Waals surface area contributed by atoms with Crippen LogP contribution in [0.4, 0.5) is 5.69 Å². The van der Waals surface area contributed by atoms with Gasteiger partial charge in [0.2, 0.25) is 11.8 Å². The van der Waals surface area contributed by atoms with Crippen LogP contribution in [0.15, 0.2) is 24.3 Å². The molecule has 0 spiro atoms. The van der Waals surface area contributed by atoms with Gasteiger partial charge in [0, 0.05) is 10.9 Å². The molecule has 1 saturated carbocycles. The van der Waals surface area contributed by atoms with Crippen LogP contribution in [0.1, 0.15) is 33.6 Å². The Morgan fingerprint density at radius 1 is 1.15 bits per heavy atom. The minimum atomic E-state index is -0.467. The second kappa shape index (κ2) is 4.08. The highest BCUT2D eigenvalue weighted by Gasteiger charge is 2.64. The maximum absolute atomic E-state index is 12.9. The number of rotatable bonds is 1. The van der Waals surface area contributed by atoms with Crippen molar-refractivity contribution in [2.24, 2.45) is 16.7 Å². The third-order valence-corrected chi connectivity index (χ3v) is 5.76. The Labute approximate surface area is 123 Å². The average Bonchev–Trinajstić information content (AvgIpc) is 2.57. The van der Waals surface area contributed by atoms with Gasteiger partial charge in [0.1, 0.15) is 0 Å². The topological polar surface area (TPSA) is 37.4 Å². The van der Waals surface area contributed by atoms with Crippen molar-refractivity contribution >= 4 is 29.1 Å². The van der Waals surface area contributed by atoms with Crippen LogP contribution >= 0.6 is 11.6 Å². The summed E-state index contributed by atoms with van der Waals surface area (Å²) in [6.07, 6.45) is 1.57. The fourth-order valence-corrected chi connectivity index (χ4v) is 3.78. The molecule has 2 atom stereocenters. The van der Waals surface area contributed by atoms with Gasteiger partial charge in [0.15, 0.2) is 0 Å². The van der Waals surface area contributed by atoms with Gasteiger partial charge in [-0.05, 0) is 42.5 Å². The highest BCUT2D eigenvalue weighted by Crippen LogP contribution is 2.60. The van der Waals surface area contributed by atoms with Crippen LogP contribution in [0.2, 0.25) is 5.02 Å². The summed E-state index contributed by atoms with van der Waals surface area (Å²) in [7, 11) is 0. The van der Waals surface area contributed by atoms with E-state index >= 15 is 0 Å². The van der Waals surface area contributed by atoms with Crippen molar-refractivity contribution in [3.05, 3.63) is 29.3 Å². The molecular weight excluding hydrogens is 274 g/mol. The van der Waals surface area contributed by atoms with Gasteiger partial charge in [0.25, 0.3) is 0 Å². The second-order valence-electron chi connectivity index (χ2n) is 6.60. The Morgan fingerprint density at radius 2 is 1.75 bits per heavy atom. The first kappa shape index (κ1) is 13.6. The first-order chi connectivity index (χ1) is 9.29. The van der Waals surface area contributed by atoms with Gasteiger partial charge in [-0.1, -0.05) is 32.4 Å². The molecule has 2 fully saturated rings. The molecule has 0 radical (unpaired) electrons. The molecule has 106 valence electrons. The molecule has 0 aromatic heterocycles. The minimum absolute atomic E-state index is 0.0719. The Bertz CT molecular complexity index is 593. The molecule has 4 heteroatoms. The van der Waals surface area contributed by atoms with Crippen molar-refractivity contribution in [1.82, 2.24) is 0 Å². The van der Waals surface area contributed by atoms with Gasteiger partial charge in [-0.2, -0.15) is 0 Å². The van der Waals surface area contributed by atoms with Gasteiger partial charge >= 0.3 is 0 Å². The number of carbonyl (C=O) groups is 2. The molecule has 0 N–H and O–H groups in total. The van der Waals surface area contributed by atoms with Crippen LogP contribution < -0.4 is 4.90 Å². The van der Waals surface area contributed by atoms with Crippen LogP contribution in [0, 0.1) is 16.7 Å². The highest BCUT2D eigenvalue weighted by atomic mass is 35.5. The molecule has 2 bridgehead atoms. The smallest absolute Gasteiger partial charge is 0.240 e. The number of amides is 2. The number of benzene rings is 1. The van der Waals surface area contributed by atoms with E-state index in [1.165, 1.54) is 4.90 Å². The molecule has 1 aromatic rings. The molecule has 1 aromatic carbocycles. The lowest BCUT2D eigenvalue weighted by atomic mass is 9.62. The maximum Gasteiger partial charge on any atom is 0.240 e. The molecule has 3 rings (SSSR count). The summed E-state index contributed by atoms with van der Waals surface area (Å²) in [6.45, 7) is 6.07. The number of hydrogen-bond acceptors (Lipinski definition) is 2. The molecule has 20 heavy (non-hydrogen) atoms. The molecule has 1 aliphatic carbocycles. The van der Waals surface area contributed by atoms with E-state index in [-0.39, 0.29) is 23.1 Å². The lowest BCUT2D eigenvalue weighted by molar-refractivity contribution is -0.146. The SMILES string of the molecule is CC12CCC(C(=O)N(c3ccc(Cl)cc3)C1=O)C2(C)C. The van der Waals surface area contributed by atoms with Gasteiger partial charge in [-0.15, -0.1) is 0 Å². The zero-order valence-electron chi connectivity index (χ0n) is 11.9. The van der Waals surface area contributed by atoms with Crippen LogP contribution in [0.3, 0.4) is 0 Å². The van der Waals surface area contributed by atoms with E-state index in [1.807, 2.05) is 20.8 Å². The Kier molecular flexibility index (Phi) is 2.78. The Morgan fingerprint density at radius 3 is 2.35 bits per heavy atom. The first-order valence-corrected chi connectivity index (χ1v) is 7.31. The standard InChI is InChI=1S/C16H18ClNO2/c1-15(2)12-8-9-16(15,3)14(20)18(13(12)19)11-6-4-10(17)5-7-11/h4-7,12H,8-9H2,1-3H3. The number of carbonyl (C=O) groups excluding carboxylic acids is 2. The number of imide groups is 1. The normalized spacial score (nSPS) is 31.8. The monoisotopic (exact) mass is 291 g/mol. The number of fused-ring (bicyclic) bond motifs is 2. The van der Waals surface area contributed by atoms with Gasteiger partial charge in [-0.25, -0.2) is 4.90 Å². The quantitative estimate of drug-likeness (QED) is 0.741. The lowest BCUT2D eigenvalue weighted by Gasteiger charge is -2.47. The number of nitrogens with zero attached hydrogens (tertiary/aromatic N) is 1. The number of halogens is 1. The Hall–Kier alpha value is -1.35. The fraction of sp³-hybridized carbons (Fsp3) is 0.500. The predicted molar refractivity (Wildman–Crippen MR) is 78.6 cm³/mol. The summed E-state index contributed by atoms with van der Waals surface area (Å²) in [6, 6.07) is 6.89. The van der Waals surface area contributed by atoms with Crippen molar-refractivity contribution in [3.63, 3.8) is 0 Å². The minimum Gasteiger partial charge on any atom is -0.274 e. The first-order valence-electron chi connectivity index (χ1n) is 6.93. The molecule has 3 nitrogen and oxygen atoms in total.